The lowest BCUT2D eigenvalue weighted by Gasteiger charge is -2.41. The third-order valence-corrected chi connectivity index (χ3v) is 3.74. The number of methoxy groups -OCH3 is 1. The summed E-state index contributed by atoms with van der Waals surface area (Å²) < 4.78 is 5.19. The predicted molar refractivity (Wildman–Crippen MR) is 71.9 cm³/mol. The van der Waals surface area contributed by atoms with Crippen LogP contribution in [0.15, 0.2) is 24.3 Å². The van der Waals surface area contributed by atoms with E-state index in [0.717, 1.165) is 18.8 Å². The summed E-state index contributed by atoms with van der Waals surface area (Å²) in [6.45, 7) is 4.50. The Hall–Kier alpha value is -1.22. The summed E-state index contributed by atoms with van der Waals surface area (Å²) in [7, 11) is 3.76. The largest absolute Gasteiger partial charge is 0.497 e. The third-order valence-electron chi connectivity index (χ3n) is 3.74. The van der Waals surface area contributed by atoms with Crippen LogP contribution in [0.25, 0.3) is 0 Å². The standard InChI is InChI=1S/C14H22N2O/c1-14(15-2)9-4-10-16(11-14)12-5-7-13(17-3)8-6-12/h5-8,15H,4,9-11H2,1-3H3. The van der Waals surface area contributed by atoms with Gasteiger partial charge in [0.1, 0.15) is 5.75 Å². The molecule has 3 nitrogen and oxygen atoms in total. The summed E-state index contributed by atoms with van der Waals surface area (Å²) >= 11 is 0. The third kappa shape index (κ3) is 2.72. The molecule has 0 spiro atoms. The van der Waals surface area contributed by atoms with E-state index < -0.39 is 0 Å². The molecule has 2 rings (SSSR count). The molecule has 1 heterocycles. The second kappa shape index (κ2) is 4.96. The molecule has 1 fully saturated rings. The van der Waals surface area contributed by atoms with E-state index in [-0.39, 0.29) is 5.54 Å². The molecule has 0 aromatic heterocycles. The van der Waals surface area contributed by atoms with Crippen molar-refractivity contribution in [3.05, 3.63) is 24.3 Å². The van der Waals surface area contributed by atoms with Crippen molar-refractivity contribution in [3.8, 4) is 5.75 Å². The highest BCUT2D eigenvalue weighted by Gasteiger charge is 2.29. The number of hydrogen-bond acceptors (Lipinski definition) is 3. The van der Waals surface area contributed by atoms with Gasteiger partial charge >= 0.3 is 0 Å². The Bertz CT molecular complexity index is 363. The average molecular weight is 234 g/mol. The van der Waals surface area contributed by atoms with Gasteiger partial charge in [0.15, 0.2) is 0 Å². The molecule has 1 atom stereocenters. The molecule has 0 radical (unpaired) electrons. The molecule has 3 heteroatoms. The number of benzene rings is 1. The maximum atomic E-state index is 5.19. The highest BCUT2D eigenvalue weighted by Crippen LogP contribution is 2.26. The topological polar surface area (TPSA) is 24.5 Å². The number of nitrogens with one attached hydrogen (secondary N) is 1. The molecule has 1 saturated heterocycles. The lowest BCUT2D eigenvalue weighted by Crippen LogP contribution is -2.53. The van der Waals surface area contributed by atoms with Crippen LogP contribution in [0.2, 0.25) is 0 Å². The van der Waals surface area contributed by atoms with Crippen LogP contribution in [-0.4, -0.2) is 32.8 Å². The fourth-order valence-corrected chi connectivity index (χ4v) is 2.46. The van der Waals surface area contributed by atoms with Gasteiger partial charge in [0.2, 0.25) is 0 Å². The van der Waals surface area contributed by atoms with Gasteiger partial charge in [0.25, 0.3) is 0 Å². The summed E-state index contributed by atoms with van der Waals surface area (Å²) in [6, 6.07) is 8.34. The zero-order valence-corrected chi connectivity index (χ0v) is 11.0. The van der Waals surface area contributed by atoms with Crippen LogP contribution in [0.3, 0.4) is 0 Å². The molecule has 1 aromatic carbocycles. The van der Waals surface area contributed by atoms with E-state index in [1.807, 2.05) is 12.1 Å². The van der Waals surface area contributed by atoms with E-state index in [0.29, 0.717) is 0 Å². The fraction of sp³-hybridized carbons (Fsp3) is 0.571. The highest BCUT2D eigenvalue weighted by atomic mass is 16.5. The van der Waals surface area contributed by atoms with Crippen LogP contribution in [0.5, 0.6) is 5.75 Å². The lowest BCUT2D eigenvalue weighted by atomic mass is 9.91. The summed E-state index contributed by atoms with van der Waals surface area (Å²) in [5, 5.41) is 3.44. The van der Waals surface area contributed by atoms with E-state index in [1.165, 1.54) is 18.5 Å². The first-order chi connectivity index (χ1) is 8.17. The molecule has 0 saturated carbocycles. The van der Waals surface area contributed by atoms with Gasteiger partial charge in [-0.3, -0.25) is 0 Å². The molecule has 0 bridgehead atoms. The van der Waals surface area contributed by atoms with Crippen molar-refractivity contribution in [2.45, 2.75) is 25.3 Å². The molecule has 1 unspecified atom stereocenters. The number of likely N-dealkylation sites (N-methyl/N-ethyl adjacent to an activating group) is 1. The number of ether oxygens (including phenoxy) is 1. The normalized spacial score (nSPS) is 24.8. The number of nitrogens with zero attached hydrogens (tertiary/aromatic N) is 1. The second-order valence-corrected chi connectivity index (χ2v) is 5.03. The fourth-order valence-electron chi connectivity index (χ4n) is 2.46. The van der Waals surface area contributed by atoms with Crippen LogP contribution in [0.1, 0.15) is 19.8 Å². The molecule has 17 heavy (non-hydrogen) atoms. The van der Waals surface area contributed by atoms with Gasteiger partial charge in [-0.1, -0.05) is 0 Å². The zero-order valence-electron chi connectivity index (χ0n) is 11.0. The van der Waals surface area contributed by atoms with Gasteiger partial charge in [-0.05, 0) is 51.1 Å². The van der Waals surface area contributed by atoms with Crippen molar-refractivity contribution in [1.29, 1.82) is 0 Å². The molecule has 0 amide bonds. The van der Waals surface area contributed by atoms with Gasteiger partial charge in [0.05, 0.1) is 7.11 Å². The van der Waals surface area contributed by atoms with E-state index in [9.17, 15) is 0 Å². The Morgan fingerprint density at radius 2 is 2.00 bits per heavy atom. The Labute approximate surface area is 104 Å². The molecule has 1 aliphatic rings. The van der Waals surface area contributed by atoms with Crippen molar-refractivity contribution in [2.24, 2.45) is 0 Å². The summed E-state index contributed by atoms with van der Waals surface area (Å²) in [4.78, 5) is 2.44. The van der Waals surface area contributed by atoms with Crippen molar-refractivity contribution in [1.82, 2.24) is 5.32 Å². The minimum atomic E-state index is 0.234. The first kappa shape index (κ1) is 12.2. The molecule has 1 aromatic rings. The smallest absolute Gasteiger partial charge is 0.119 e. The van der Waals surface area contributed by atoms with Gasteiger partial charge in [-0.25, -0.2) is 0 Å². The minimum absolute atomic E-state index is 0.234. The van der Waals surface area contributed by atoms with Crippen LogP contribution in [0, 0.1) is 0 Å². The average Bonchev–Trinajstić information content (AvgIpc) is 2.39. The summed E-state index contributed by atoms with van der Waals surface area (Å²) in [6.07, 6.45) is 2.49. The van der Waals surface area contributed by atoms with E-state index in [1.54, 1.807) is 7.11 Å². The number of hydrogen-bond donors (Lipinski definition) is 1. The minimum Gasteiger partial charge on any atom is -0.497 e. The van der Waals surface area contributed by atoms with Gasteiger partial charge in [-0.2, -0.15) is 0 Å². The zero-order chi connectivity index (χ0) is 12.3. The maximum absolute atomic E-state index is 5.19. The molecular formula is C14H22N2O. The van der Waals surface area contributed by atoms with Gasteiger partial charge in [0, 0.05) is 24.3 Å². The SMILES string of the molecule is CNC1(C)CCCN(c2ccc(OC)cc2)C1. The summed E-state index contributed by atoms with van der Waals surface area (Å²) in [5.41, 5.74) is 1.52. The Morgan fingerprint density at radius 1 is 1.29 bits per heavy atom. The molecule has 1 N–H and O–H groups in total. The molecule has 1 aliphatic heterocycles. The number of piperidine rings is 1. The van der Waals surface area contributed by atoms with Crippen LogP contribution in [-0.2, 0) is 0 Å². The van der Waals surface area contributed by atoms with Crippen LogP contribution < -0.4 is 15.0 Å². The van der Waals surface area contributed by atoms with Gasteiger partial charge < -0.3 is 15.0 Å². The molecule has 94 valence electrons. The first-order valence-corrected chi connectivity index (χ1v) is 6.25. The second-order valence-electron chi connectivity index (χ2n) is 5.03. The number of rotatable bonds is 3. The van der Waals surface area contributed by atoms with Crippen LogP contribution in [0.4, 0.5) is 5.69 Å². The molecular weight excluding hydrogens is 212 g/mol. The van der Waals surface area contributed by atoms with Crippen LogP contribution >= 0.6 is 0 Å². The Kier molecular flexibility index (Phi) is 3.57. The van der Waals surface area contributed by atoms with E-state index in [2.05, 4.69) is 36.3 Å². The quantitative estimate of drug-likeness (QED) is 0.868. The maximum Gasteiger partial charge on any atom is 0.119 e. The van der Waals surface area contributed by atoms with Gasteiger partial charge in [-0.15, -0.1) is 0 Å². The number of anilines is 1. The molecule has 0 aliphatic carbocycles. The Morgan fingerprint density at radius 3 is 2.59 bits per heavy atom. The highest BCUT2D eigenvalue weighted by molar-refractivity contribution is 5.49. The van der Waals surface area contributed by atoms with E-state index in [4.69, 9.17) is 4.74 Å². The monoisotopic (exact) mass is 234 g/mol. The summed E-state index contributed by atoms with van der Waals surface area (Å²) in [5.74, 6) is 0.919. The predicted octanol–water partition coefficient (Wildman–Crippen LogP) is 2.27. The first-order valence-electron chi connectivity index (χ1n) is 6.25. The van der Waals surface area contributed by atoms with Crippen molar-refractivity contribution in [2.75, 3.05) is 32.1 Å². The van der Waals surface area contributed by atoms with Crippen molar-refractivity contribution < 1.29 is 4.74 Å². The van der Waals surface area contributed by atoms with E-state index >= 15 is 0 Å². The Balaban J connectivity index is 2.10. The van der Waals surface area contributed by atoms with Crippen molar-refractivity contribution >= 4 is 5.69 Å². The van der Waals surface area contributed by atoms with Crippen molar-refractivity contribution in [3.63, 3.8) is 0 Å². The lowest BCUT2D eigenvalue weighted by molar-refractivity contribution is 0.316.